The van der Waals surface area contributed by atoms with Crippen molar-refractivity contribution in [3.05, 3.63) is 107 Å². The fourth-order valence-electron chi connectivity index (χ4n) is 3.76. The molecule has 0 heterocycles. The summed E-state index contributed by atoms with van der Waals surface area (Å²) in [6.07, 6.45) is 0.0725. The molecule has 1 atom stereocenters. The Morgan fingerprint density at radius 2 is 1.37 bits per heavy atom. The Hall–Kier alpha value is -3.60. The van der Waals surface area contributed by atoms with E-state index in [-0.39, 0.29) is 12.3 Å². The lowest BCUT2D eigenvalue weighted by molar-refractivity contribution is -0.123. The maximum Gasteiger partial charge on any atom is 0.312 e. The first-order valence-electron chi connectivity index (χ1n) is 9.93. The fraction of sp³-hybridized carbons (Fsp3) is 0.200. The van der Waals surface area contributed by atoms with Crippen molar-refractivity contribution < 1.29 is 9.59 Å². The molecule has 0 radical (unpaired) electrons. The van der Waals surface area contributed by atoms with E-state index in [0.29, 0.717) is 0 Å². The molecule has 0 bridgehead atoms. The van der Waals surface area contributed by atoms with E-state index in [1.165, 1.54) is 0 Å². The number of carbonyl (C=O) groups is 2. The van der Waals surface area contributed by atoms with E-state index in [2.05, 4.69) is 10.6 Å². The number of urea groups is 1. The lowest BCUT2D eigenvalue weighted by atomic mass is 9.84. The van der Waals surface area contributed by atoms with Crippen LogP contribution in [0.5, 0.6) is 0 Å². The summed E-state index contributed by atoms with van der Waals surface area (Å²) in [4.78, 5) is 24.8. The normalized spacial score (nSPS) is 12.1. The van der Waals surface area contributed by atoms with E-state index in [4.69, 9.17) is 5.73 Å². The highest BCUT2D eigenvalue weighted by molar-refractivity contribution is 5.80. The summed E-state index contributed by atoms with van der Waals surface area (Å²) in [5, 5.41) is 5.90. The molecule has 154 valence electrons. The van der Waals surface area contributed by atoms with Crippen LogP contribution in [0.3, 0.4) is 0 Å². The summed E-state index contributed by atoms with van der Waals surface area (Å²) < 4.78 is 0. The molecular formula is C25H27N3O2. The van der Waals surface area contributed by atoms with Gasteiger partial charge in [-0.1, -0.05) is 84.9 Å². The van der Waals surface area contributed by atoms with Crippen LogP contribution in [-0.4, -0.2) is 11.9 Å². The highest BCUT2D eigenvalue weighted by Crippen LogP contribution is 2.30. The molecule has 0 spiro atoms. The maximum atomic E-state index is 13.2. The fourth-order valence-corrected chi connectivity index (χ4v) is 3.76. The Bertz CT molecular complexity index is 964. The summed E-state index contributed by atoms with van der Waals surface area (Å²) in [6, 6.07) is 26.1. The lowest BCUT2D eigenvalue weighted by Gasteiger charge is -2.33. The Morgan fingerprint density at radius 1 is 0.867 bits per heavy atom. The van der Waals surface area contributed by atoms with Gasteiger partial charge in [0, 0.05) is 0 Å². The molecule has 0 saturated heterocycles. The third kappa shape index (κ3) is 4.87. The molecule has 0 aromatic heterocycles. The minimum Gasteiger partial charge on any atom is -0.352 e. The predicted molar refractivity (Wildman–Crippen MR) is 119 cm³/mol. The van der Waals surface area contributed by atoms with E-state index in [0.717, 1.165) is 22.3 Å². The summed E-state index contributed by atoms with van der Waals surface area (Å²) in [6.45, 7) is 3.93. The monoisotopic (exact) mass is 401 g/mol. The van der Waals surface area contributed by atoms with Gasteiger partial charge in [-0.2, -0.15) is 0 Å². The summed E-state index contributed by atoms with van der Waals surface area (Å²) >= 11 is 0. The van der Waals surface area contributed by atoms with Crippen molar-refractivity contribution >= 4 is 11.9 Å². The van der Waals surface area contributed by atoms with Gasteiger partial charge in [0.15, 0.2) is 0 Å². The second-order valence-electron chi connectivity index (χ2n) is 7.53. The zero-order chi connectivity index (χ0) is 21.6. The largest absolute Gasteiger partial charge is 0.352 e. The summed E-state index contributed by atoms with van der Waals surface area (Å²) in [5.74, 6) is -0.188. The standard InChI is InChI=1S/C25H27N3O2/c1-18-11-9-10-16-21(18)22(27-24(26)30)17-23(29)28-25(2,19-12-5-3-6-13-19)20-14-7-4-8-15-20/h3-16,22H,17H2,1-2H3,(H,28,29)(H3,26,27,30). The van der Waals surface area contributed by atoms with Gasteiger partial charge in [0.1, 0.15) is 0 Å². The molecule has 4 N–H and O–H groups in total. The zero-order valence-corrected chi connectivity index (χ0v) is 17.3. The maximum absolute atomic E-state index is 13.2. The topological polar surface area (TPSA) is 84.2 Å². The van der Waals surface area contributed by atoms with Crippen LogP contribution in [0.15, 0.2) is 84.9 Å². The number of primary amides is 1. The Morgan fingerprint density at radius 3 is 1.87 bits per heavy atom. The van der Waals surface area contributed by atoms with E-state index in [1.54, 1.807) is 0 Å². The molecule has 0 saturated carbocycles. The molecule has 0 aliphatic rings. The molecule has 3 aromatic rings. The molecule has 3 rings (SSSR count). The van der Waals surface area contributed by atoms with Crippen LogP contribution in [0.2, 0.25) is 0 Å². The zero-order valence-electron chi connectivity index (χ0n) is 17.3. The number of carbonyl (C=O) groups excluding carboxylic acids is 2. The Kier molecular flexibility index (Phi) is 6.52. The number of rotatable bonds is 7. The molecule has 3 amide bonds. The van der Waals surface area contributed by atoms with Crippen LogP contribution in [0, 0.1) is 6.92 Å². The Labute approximate surface area is 177 Å². The third-order valence-electron chi connectivity index (χ3n) is 5.36. The number of aryl methyl sites for hydroxylation is 1. The predicted octanol–water partition coefficient (Wildman–Crippen LogP) is 4.17. The third-order valence-corrected chi connectivity index (χ3v) is 5.36. The van der Waals surface area contributed by atoms with Gasteiger partial charge in [-0.15, -0.1) is 0 Å². The second kappa shape index (κ2) is 9.27. The lowest BCUT2D eigenvalue weighted by Crippen LogP contribution is -2.46. The van der Waals surface area contributed by atoms with Gasteiger partial charge in [0.2, 0.25) is 5.91 Å². The average molecular weight is 402 g/mol. The molecule has 0 aliphatic carbocycles. The van der Waals surface area contributed by atoms with Gasteiger partial charge in [0.25, 0.3) is 0 Å². The number of nitrogens with two attached hydrogens (primary N) is 1. The van der Waals surface area contributed by atoms with Gasteiger partial charge in [-0.25, -0.2) is 4.79 Å². The van der Waals surface area contributed by atoms with Crippen molar-refractivity contribution in [3.63, 3.8) is 0 Å². The van der Waals surface area contributed by atoms with E-state index >= 15 is 0 Å². The highest BCUT2D eigenvalue weighted by atomic mass is 16.2. The second-order valence-corrected chi connectivity index (χ2v) is 7.53. The summed E-state index contributed by atoms with van der Waals surface area (Å²) in [7, 11) is 0. The van der Waals surface area contributed by atoms with Crippen molar-refractivity contribution in [3.8, 4) is 0 Å². The van der Waals surface area contributed by atoms with E-state index in [1.807, 2.05) is 98.8 Å². The van der Waals surface area contributed by atoms with Crippen LogP contribution < -0.4 is 16.4 Å². The summed E-state index contributed by atoms with van der Waals surface area (Å²) in [5.41, 5.74) is 8.46. The van der Waals surface area contributed by atoms with Crippen molar-refractivity contribution in [2.24, 2.45) is 5.73 Å². The van der Waals surface area contributed by atoms with Crippen molar-refractivity contribution in [2.45, 2.75) is 31.8 Å². The number of hydrogen-bond acceptors (Lipinski definition) is 2. The molecule has 0 fully saturated rings. The number of hydrogen-bond donors (Lipinski definition) is 3. The van der Waals surface area contributed by atoms with Crippen LogP contribution in [0.4, 0.5) is 4.79 Å². The van der Waals surface area contributed by atoms with Crippen molar-refractivity contribution in [2.75, 3.05) is 0 Å². The Balaban J connectivity index is 1.90. The van der Waals surface area contributed by atoms with Gasteiger partial charge in [0.05, 0.1) is 18.0 Å². The van der Waals surface area contributed by atoms with Gasteiger partial charge < -0.3 is 16.4 Å². The van der Waals surface area contributed by atoms with Gasteiger partial charge >= 0.3 is 6.03 Å². The average Bonchev–Trinajstić information content (AvgIpc) is 2.74. The first-order valence-corrected chi connectivity index (χ1v) is 9.93. The molecule has 5 nitrogen and oxygen atoms in total. The first kappa shape index (κ1) is 21.1. The van der Waals surface area contributed by atoms with Gasteiger partial charge in [-0.05, 0) is 36.1 Å². The van der Waals surface area contributed by atoms with Crippen LogP contribution in [-0.2, 0) is 10.3 Å². The van der Waals surface area contributed by atoms with Crippen molar-refractivity contribution in [1.82, 2.24) is 10.6 Å². The number of amides is 3. The minimum atomic E-state index is -0.720. The molecule has 1 unspecified atom stereocenters. The highest BCUT2D eigenvalue weighted by Gasteiger charge is 2.31. The SMILES string of the molecule is Cc1ccccc1C(CC(=O)NC(C)(c1ccccc1)c1ccccc1)NC(N)=O. The molecular weight excluding hydrogens is 374 g/mol. The number of benzene rings is 3. The smallest absolute Gasteiger partial charge is 0.312 e. The number of nitrogens with one attached hydrogen (secondary N) is 2. The van der Waals surface area contributed by atoms with Crippen LogP contribution in [0.25, 0.3) is 0 Å². The quantitative estimate of drug-likeness (QED) is 0.555. The molecule has 30 heavy (non-hydrogen) atoms. The van der Waals surface area contributed by atoms with Crippen molar-refractivity contribution in [1.29, 1.82) is 0 Å². The van der Waals surface area contributed by atoms with Crippen LogP contribution >= 0.6 is 0 Å². The van der Waals surface area contributed by atoms with E-state index < -0.39 is 17.6 Å². The van der Waals surface area contributed by atoms with Crippen LogP contribution in [0.1, 0.15) is 41.6 Å². The van der Waals surface area contributed by atoms with Gasteiger partial charge in [-0.3, -0.25) is 4.79 Å². The molecule has 3 aromatic carbocycles. The first-order chi connectivity index (χ1) is 14.4. The molecule has 5 heteroatoms. The van der Waals surface area contributed by atoms with E-state index in [9.17, 15) is 9.59 Å². The molecule has 0 aliphatic heterocycles. The minimum absolute atomic E-state index is 0.0725.